The molecule has 3 N–H and O–H groups in total. The normalized spacial score (nSPS) is 22.2. The quantitative estimate of drug-likeness (QED) is 0.768. The van der Waals surface area contributed by atoms with Crippen LogP contribution in [0.25, 0.3) is 0 Å². The molecule has 2 heterocycles. The summed E-state index contributed by atoms with van der Waals surface area (Å²) in [7, 11) is 0. The van der Waals surface area contributed by atoms with Gasteiger partial charge < -0.3 is 15.8 Å². The van der Waals surface area contributed by atoms with Gasteiger partial charge in [-0.05, 0) is 24.3 Å². The zero-order valence-corrected chi connectivity index (χ0v) is 16.4. The summed E-state index contributed by atoms with van der Waals surface area (Å²) < 4.78 is 5.64. The number of rotatable bonds is 7. The summed E-state index contributed by atoms with van der Waals surface area (Å²) in [6.07, 6.45) is 1.13. The largest absolute Gasteiger partial charge is 0.376 e. The molecule has 1 aromatic heterocycles. The molecule has 24 heavy (non-hydrogen) atoms. The highest BCUT2D eigenvalue weighted by atomic mass is 35.5. The molecule has 1 fully saturated rings. The third-order valence-electron chi connectivity index (χ3n) is 4.61. The number of carbonyl (C=O) groups is 1. The minimum Gasteiger partial charge on any atom is -0.376 e. The first kappa shape index (κ1) is 21.4. The summed E-state index contributed by atoms with van der Waals surface area (Å²) in [5.74, 6) is 0.140. The first-order chi connectivity index (χ1) is 11.0. The lowest BCUT2D eigenvalue weighted by atomic mass is 9.99. The monoisotopic (exact) mass is 375 g/mol. The summed E-state index contributed by atoms with van der Waals surface area (Å²) in [5.41, 5.74) is 6.03. The van der Waals surface area contributed by atoms with Crippen LogP contribution in [0.4, 0.5) is 0 Å². The minimum atomic E-state index is -0.437. The molecule has 0 radical (unpaired) electrons. The van der Waals surface area contributed by atoms with Gasteiger partial charge in [-0.25, -0.2) is 0 Å². The number of nitrogens with two attached hydrogens (primary N) is 1. The van der Waals surface area contributed by atoms with Crippen molar-refractivity contribution in [2.24, 2.45) is 11.7 Å². The summed E-state index contributed by atoms with van der Waals surface area (Å²) >= 11 is 1.73. The lowest BCUT2D eigenvalue weighted by Crippen LogP contribution is -2.49. The predicted octanol–water partition coefficient (Wildman–Crippen LogP) is 2.42. The number of ether oxygens (including phenoxy) is 1. The van der Waals surface area contributed by atoms with E-state index in [1.807, 2.05) is 6.92 Å². The molecule has 1 aliphatic heterocycles. The minimum absolute atomic E-state index is 0. The summed E-state index contributed by atoms with van der Waals surface area (Å²) in [4.78, 5) is 16.0. The molecule has 0 aromatic carbocycles. The predicted molar refractivity (Wildman–Crippen MR) is 102 cm³/mol. The SMILES string of the molecule is CCC(C)C(N)C(=O)NCC(c1cccs1)N1CCOC(C)C1.Cl. The first-order valence-electron chi connectivity index (χ1n) is 8.45. The van der Waals surface area contributed by atoms with E-state index in [0.29, 0.717) is 6.54 Å². The Bertz CT molecular complexity index is 486. The highest BCUT2D eigenvalue weighted by Crippen LogP contribution is 2.26. The van der Waals surface area contributed by atoms with Gasteiger partial charge in [-0.2, -0.15) is 0 Å². The summed E-state index contributed by atoms with van der Waals surface area (Å²) in [6, 6.07) is 3.95. The van der Waals surface area contributed by atoms with Gasteiger partial charge in [0.15, 0.2) is 0 Å². The Labute approximate surface area is 155 Å². The van der Waals surface area contributed by atoms with Gasteiger partial charge in [-0.1, -0.05) is 26.3 Å². The Morgan fingerprint density at radius 1 is 1.58 bits per heavy atom. The third-order valence-corrected chi connectivity index (χ3v) is 5.59. The number of carbonyl (C=O) groups excluding carboxylic acids is 1. The number of hydrogen-bond acceptors (Lipinski definition) is 5. The van der Waals surface area contributed by atoms with E-state index in [4.69, 9.17) is 10.5 Å². The van der Waals surface area contributed by atoms with E-state index >= 15 is 0 Å². The second-order valence-corrected chi connectivity index (χ2v) is 7.34. The van der Waals surface area contributed by atoms with Crippen LogP contribution in [0.2, 0.25) is 0 Å². The molecule has 0 bridgehead atoms. The Morgan fingerprint density at radius 3 is 2.92 bits per heavy atom. The van der Waals surface area contributed by atoms with E-state index in [1.54, 1.807) is 11.3 Å². The van der Waals surface area contributed by atoms with Crippen LogP contribution >= 0.6 is 23.7 Å². The lowest BCUT2D eigenvalue weighted by Gasteiger charge is -2.37. The number of nitrogens with one attached hydrogen (secondary N) is 1. The fourth-order valence-electron chi connectivity index (χ4n) is 2.85. The highest BCUT2D eigenvalue weighted by Gasteiger charge is 2.28. The summed E-state index contributed by atoms with van der Waals surface area (Å²) in [5, 5.41) is 5.14. The van der Waals surface area contributed by atoms with Crippen molar-refractivity contribution < 1.29 is 9.53 Å². The number of nitrogens with zero attached hydrogens (tertiary/aromatic N) is 1. The van der Waals surface area contributed by atoms with Gasteiger partial charge in [0, 0.05) is 24.5 Å². The maximum absolute atomic E-state index is 12.3. The molecule has 0 spiro atoms. The van der Waals surface area contributed by atoms with Gasteiger partial charge in [0.1, 0.15) is 0 Å². The van der Waals surface area contributed by atoms with Gasteiger partial charge >= 0.3 is 0 Å². The van der Waals surface area contributed by atoms with Crippen LogP contribution in [0.5, 0.6) is 0 Å². The molecule has 4 atom stereocenters. The molecule has 1 amide bonds. The Morgan fingerprint density at radius 2 is 2.33 bits per heavy atom. The highest BCUT2D eigenvalue weighted by molar-refractivity contribution is 7.10. The van der Waals surface area contributed by atoms with Crippen molar-refractivity contribution in [3.05, 3.63) is 22.4 Å². The van der Waals surface area contributed by atoms with E-state index in [-0.39, 0.29) is 36.4 Å². The number of amides is 1. The Balaban J connectivity index is 0.00000288. The maximum Gasteiger partial charge on any atom is 0.237 e. The third kappa shape index (κ3) is 5.70. The standard InChI is InChI=1S/C17H29N3O2S.ClH/c1-4-12(2)16(18)17(21)19-10-14(15-6-5-9-23-15)20-7-8-22-13(3)11-20;/h5-6,9,12-14,16H,4,7-8,10-11,18H2,1-3H3,(H,19,21);1H. The van der Waals surface area contributed by atoms with Crippen molar-refractivity contribution in [3.63, 3.8) is 0 Å². The van der Waals surface area contributed by atoms with Gasteiger partial charge in [-0.15, -0.1) is 23.7 Å². The van der Waals surface area contributed by atoms with E-state index in [9.17, 15) is 4.79 Å². The van der Waals surface area contributed by atoms with E-state index < -0.39 is 6.04 Å². The topological polar surface area (TPSA) is 67.6 Å². The fourth-order valence-corrected chi connectivity index (χ4v) is 3.71. The van der Waals surface area contributed by atoms with E-state index in [1.165, 1.54) is 4.88 Å². The van der Waals surface area contributed by atoms with Crippen LogP contribution in [-0.4, -0.2) is 49.2 Å². The molecule has 5 nitrogen and oxygen atoms in total. The van der Waals surface area contributed by atoms with Crippen molar-refractivity contribution in [1.29, 1.82) is 0 Å². The van der Waals surface area contributed by atoms with Crippen LogP contribution in [0.1, 0.15) is 38.1 Å². The fraction of sp³-hybridized carbons (Fsp3) is 0.706. The molecule has 1 aliphatic rings. The summed E-state index contributed by atoms with van der Waals surface area (Å²) in [6.45, 7) is 9.27. The van der Waals surface area contributed by atoms with Gasteiger partial charge in [-0.3, -0.25) is 9.69 Å². The average Bonchev–Trinajstić information content (AvgIpc) is 3.07. The van der Waals surface area contributed by atoms with Crippen molar-refractivity contribution >= 4 is 29.7 Å². The van der Waals surface area contributed by atoms with Crippen LogP contribution in [0, 0.1) is 5.92 Å². The van der Waals surface area contributed by atoms with Gasteiger partial charge in [0.05, 0.1) is 24.8 Å². The molecule has 1 aromatic rings. The Kier molecular flexibility index (Phi) is 9.23. The Hall–Kier alpha value is -0.660. The zero-order chi connectivity index (χ0) is 16.8. The number of thiophene rings is 1. The zero-order valence-electron chi connectivity index (χ0n) is 14.7. The van der Waals surface area contributed by atoms with Gasteiger partial charge in [0.25, 0.3) is 0 Å². The molecule has 2 rings (SSSR count). The number of morpholine rings is 1. The van der Waals surface area contributed by atoms with E-state index in [0.717, 1.165) is 26.1 Å². The van der Waals surface area contributed by atoms with Crippen molar-refractivity contribution in [3.8, 4) is 0 Å². The van der Waals surface area contributed by atoms with Crippen molar-refractivity contribution in [2.75, 3.05) is 26.2 Å². The lowest BCUT2D eigenvalue weighted by molar-refractivity contribution is -0.123. The molecular weight excluding hydrogens is 346 g/mol. The molecule has 7 heteroatoms. The maximum atomic E-state index is 12.3. The second-order valence-electron chi connectivity index (χ2n) is 6.36. The molecule has 138 valence electrons. The molecular formula is C17H30ClN3O2S. The first-order valence-corrected chi connectivity index (χ1v) is 9.33. The van der Waals surface area contributed by atoms with Crippen LogP contribution in [-0.2, 0) is 9.53 Å². The molecule has 0 aliphatic carbocycles. The second kappa shape index (κ2) is 10.4. The van der Waals surface area contributed by atoms with Crippen LogP contribution < -0.4 is 11.1 Å². The van der Waals surface area contributed by atoms with Gasteiger partial charge in [0.2, 0.25) is 5.91 Å². The van der Waals surface area contributed by atoms with Crippen molar-refractivity contribution in [1.82, 2.24) is 10.2 Å². The van der Waals surface area contributed by atoms with Crippen LogP contribution in [0.15, 0.2) is 17.5 Å². The smallest absolute Gasteiger partial charge is 0.237 e. The average molecular weight is 376 g/mol. The molecule has 1 saturated heterocycles. The van der Waals surface area contributed by atoms with Crippen LogP contribution in [0.3, 0.4) is 0 Å². The number of hydrogen-bond donors (Lipinski definition) is 2. The molecule has 0 saturated carbocycles. The van der Waals surface area contributed by atoms with E-state index in [2.05, 4.69) is 41.6 Å². The number of halogens is 1. The molecule has 4 unspecified atom stereocenters. The van der Waals surface area contributed by atoms with Crippen molar-refractivity contribution in [2.45, 2.75) is 45.4 Å².